The number of hydrogen-bond acceptors (Lipinski definition) is 7. The average molecular weight is 440 g/mol. The molecule has 1 aliphatic heterocycles. The number of hydrogen-bond donors (Lipinski definition) is 3. The minimum atomic E-state index is -0.649. The molecule has 2 amide bonds. The van der Waals surface area contributed by atoms with Crippen LogP contribution in [0, 0.1) is 5.92 Å². The van der Waals surface area contributed by atoms with E-state index < -0.39 is 6.10 Å². The fourth-order valence-corrected chi connectivity index (χ4v) is 2.83. The van der Waals surface area contributed by atoms with Gasteiger partial charge < -0.3 is 39.6 Å². The van der Waals surface area contributed by atoms with Gasteiger partial charge in [-0.2, -0.15) is 0 Å². The van der Waals surface area contributed by atoms with Crippen LogP contribution in [0.2, 0.25) is 0 Å². The average Bonchev–Trinajstić information content (AvgIpc) is 2.78. The first kappa shape index (κ1) is 25.2. The molecular weight excluding hydrogens is 402 g/mol. The fourth-order valence-electron chi connectivity index (χ4n) is 2.83. The van der Waals surface area contributed by atoms with Gasteiger partial charge in [-0.05, 0) is 30.2 Å². The van der Waals surface area contributed by atoms with E-state index in [1.54, 1.807) is 4.90 Å². The first-order valence-electron chi connectivity index (χ1n) is 11.0. The number of carbonyl (C=O) groups is 1. The van der Waals surface area contributed by atoms with E-state index in [0.29, 0.717) is 70.8 Å². The van der Waals surface area contributed by atoms with Gasteiger partial charge in [0, 0.05) is 39.3 Å². The molecule has 0 spiro atoms. The van der Waals surface area contributed by atoms with Crippen LogP contribution in [0.4, 0.5) is 4.79 Å². The summed E-state index contributed by atoms with van der Waals surface area (Å²) in [4.78, 5) is 13.7. The number of morpholine rings is 1. The van der Waals surface area contributed by atoms with Gasteiger partial charge in [-0.1, -0.05) is 13.8 Å². The largest absolute Gasteiger partial charge is 0.491 e. The minimum absolute atomic E-state index is 0.0792. The number of rotatable bonds is 14. The molecule has 9 nitrogen and oxygen atoms in total. The Hall–Kier alpha value is -2.07. The molecule has 1 atom stereocenters. The van der Waals surface area contributed by atoms with E-state index in [-0.39, 0.29) is 12.6 Å². The zero-order valence-electron chi connectivity index (χ0n) is 18.7. The van der Waals surface area contributed by atoms with Crippen LogP contribution in [0.15, 0.2) is 24.3 Å². The van der Waals surface area contributed by atoms with Crippen molar-refractivity contribution < 1.29 is 28.8 Å². The zero-order chi connectivity index (χ0) is 22.3. The van der Waals surface area contributed by atoms with Crippen LogP contribution in [-0.2, 0) is 9.47 Å². The molecular formula is C22H37N3O6. The molecule has 0 aromatic heterocycles. The lowest BCUT2D eigenvalue weighted by atomic mass is 10.2. The molecule has 0 aliphatic carbocycles. The lowest BCUT2D eigenvalue weighted by Crippen LogP contribution is -2.47. The van der Waals surface area contributed by atoms with Gasteiger partial charge in [-0.15, -0.1) is 0 Å². The molecule has 1 heterocycles. The Labute approximate surface area is 185 Å². The van der Waals surface area contributed by atoms with Crippen molar-refractivity contribution in [3.05, 3.63) is 24.3 Å². The van der Waals surface area contributed by atoms with Crippen LogP contribution in [0.25, 0.3) is 0 Å². The van der Waals surface area contributed by atoms with Crippen LogP contribution >= 0.6 is 0 Å². The first-order valence-corrected chi connectivity index (χ1v) is 11.0. The van der Waals surface area contributed by atoms with E-state index in [1.807, 2.05) is 24.3 Å². The third-order valence-electron chi connectivity index (χ3n) is 4.47. The standard InChI is InChI=1S/C22H37N3O6/c1-18(2)16-29-13-14-30-20-3-5-21(6-4-20)31-17-19(26)15-23-7-8-24-22(27)25-9-11-28-12-10-25/h3-6,18-19,23,26H,7-17H2,1-2H3,(H,24,27). The predicted molar refractivity (Wildman–Crippen MR) is 118 cm³/mol. The highest BCUT2D eigenvalue weighted by molar-refractivity contribution is 5.74. The van der Waals surface area contributed by atoms with Crippen molar-refractivity contribution in [3.8, 4) is 11.5 Å². The number of benzene rings is 1. The predicted octanol–water partition coefficient (Wildman–Crippen LogP) is 1.11. The van der Waals surface area contributed by atoms with E-state index in [1.165, 1.54) is 0 Å². The Morgan fingerprint density at radius 2 is 1.74 bits per heavy atom. The van der Waals surface area contributed by atoms with E-state index in [9.17, 15) is 9.90 Å². The molecule has 1 aromatic carbocycles. The molecule has 2 rings (SSSR count). The lowest BCUT2D eigenvalue weighted by Gasteiger charge is -2.27. The quantitative estimate of drug-likeness (QED) is 0.373. The molecule has 0 radical (unpaired) electrons. The van der Waals surface area contributed by atoms with Crippen molar-refractivity contribution in [2.24, 2.45) is 5.92 Å². The molecule has 1 aromatic rings. The summed E-state index contributed by atoms with van der Waals surface area (Å²) >= 11 is 0. The summed E-state index contributed by atoms with van der Waals surface area (Å²) in [5, 5.41) is 16.0. The Kier molecular flexibility index (Phi) is 12.1. The molecule has 9 heteroatoms. The topological polar surface area (TPSA) is 102 Å². The number of aliphatic hydroxyl groups is 1. The number of amides is 2. The van der Waals surface area contributed by atoms with Crippen LogP contribution < -0.4 is 20.1 Å². The van der Waals surface area contributed by atoms with Crippen LogP contribution in [0.3, 0.4) is 0 Å². The van der Waals surface area contributed by atoms with Crippen LogP contribution in [0.5, 0.6) is 11.5 Å². The van der Waals surface area contributed by atoms with Crippen molar-refractivity contribution in [1.29, 1.82) is 0 Å². The first-order chi connectivity index (χ1) is 15.0. The van der Waals surface area contributed by atoms with Gasteiger partial charge >= 0.3 is 6.03 Å². The van der Waals surface area contributed by atoms with Crippen molar-refractivity contribution in [2.45, 2.75) is 20.0 Å². The molecule has 176 valence electrons. The molecule has 1 fully saturated rings. The number of nitrogens with one attached hydrogen (secondary N) is 2. The highest BCUT2D eigenvalue weighted by Gasteiger charge is 2.15. The maximum atomic E-state index is 11.9. The highest BCUT2D eigenvalue weighted by Crippen LogP contribution is 2.17. The van der Waals surface area contributed by atoms with Gasteiger partial charge in [0.15, 0.2) is 0 Å². The van der Waals surface area contributed by atoms with Crippen molar-refractivity contribution in [1.82, 2.24) is 15.5 Å². The maximum Gasteiger partial charge on any atom is 0.317 e. The van der Waals surface area contributed by atoms with E-state index in [2.05, 4.69) is 24.5 Å². The number of ether oxygens (including phenoxy) is 4. The summed E-state index contributed by atoms with van der Waals surface area (Å²) in [5.74, 6) is 1.94. The Morgan fingerprint density at radius 3 is 2.42 bits per heavy atom. The molecule has 1 aliphatic rings. The second kappa shape index (κ2) is 14.9. The van der Waals surface area contributed by atoms with E-state index in [0.717, 1.165) is 12.4 Å². The maximum absolute atomic E-state index is 11.9. The summed E-state index contributed by atoms with van der Waals surface area (Å²) in [6.45, 7) is 10.0. The molecule has 1 unspecified atom stereocenters. The number of aliphatic hydroxyl groups excluding tert-OH is 1. The lowest BCUT2D eigenvalue weighted by molar-refractivity contribution is 0.0532. The Morgan fingerprint density at radius 1 is 1.06 bits per heavy atom. The zero-order valence-corrected chi connectivity index (χ0v) is 18.7. The summed E-state index contributed by atoms with van der Waals surface area (Å²) in [7, 11) is 0. The highest BCUT2D eigenvalue weighted by atomic mass is 16.5. The summed E-state index contributed by atoms with van der Waals surface area (Å²) in [6.07, 6.45) is -0.649. The van der Waals surface area contributed by atoms with Crippen molar-refractivity contribution in [3.63, 3.8) is 0 Å². The van der Waals surface area contributed by atoms with E-state index in [4.69, 9.17) is 18.9 Å². The SMILES string of the molecule is CC(C)COCCOc1ccc(OCC(O)CNCCNC(=O)N2CCOCC2)cc1. The Bertz CT molecular complexity index is 608. The third kappa shape index (κ3) is 11.2. The number of carbonyl (C=O) groups excluding carboxylic acids is 1. The molecule has 1 saturated heterocycles. The number of nitrogens with zero attached hydrogens (tertiary/aromatic N) is 1. The Balaban J connectivity index is 1.49. The van der Waals surface area contributed by atoms with Gasteiger partial charge in [0.1, 0.15) is 30.8 Å². The van der Waals surface area contributed by atoms with Gasteiger partial charge in [-0.25, -0.2) is 4.79 Å². The fraction of sp³-hybridized carbons (Fsp3) is 0.682. The second-order valence-corrected chi connectivity index (χ2v) is 7.79. The smallest absolute Gasteiger partial charge is 0.317 e. The van der Waals surface area contributed by atoms with Crippen LogP contribution in [0.1, 0.15) is 13.8 Å². The van der Waals surface area contributed by atoms with Gasteiger partial charge in [0.25, 0.3) is 0 Å². The van der Waals surface area contributed by atoms with Crippen molar-refractivity contribution >= 4 is 6.03 Å². The van der Waals surface area contributed by atoms with E-state index >= 15 is 0 Å². The van der Waals surface area contributed by atoms with Gasteiger partial charge in [0.2, 0.25) is 0 Å². The van der Waals surface area contributed by atoms with Gasteiger partial charge in [-0.3, -0.25) is 0 Å². The molecule has 31 heavy (non-hydrogen) atoms. The van der Waals surface area contributed by atoms with Crippen molar-refractivity contribution in [2.75, 3.05) is 72.4 Å². The minimum Gasteiger partial charge on any atom is -0.491 e. The summed E-state index contributed by atoms with van der Waals surface area (Å²) in [6, 6.07) is 7.21. The van der Waals surface area contributed by atoms with Crippen LogP contribution in [-0.4, -0.2) is 94.5 Å². The number of urea groups is 1. The summed E-state index contributed by atoms with van der Waals surface area (Å²) in [5.41, 5.74) is 0. The molecule has 0 saturated carbocycles. The van der Waals surface area contributed by atoms with Gasteiger partial charge in [0.05, 0.1) is 19.8 Å². The molecule has 0 bridgehead atoms. The summed E-state index contributed by atoms with van der Waals surface area (Å²) < 4.78 is 21.9. The normalized spacial score (nSPS) is 15.0. The monoisotopic (exact) mass is 439 g/mol. The second-order valence-electron chi connectivity index (χ2n) is 7.79. The third-order valence-corrected chi connectivity index (χ3v) is 4.47. The molecule has 3 N–H and O–H groups in total.